The van der Waals surface area contributed by atoms with Crippen LogP contribution in [0.2, 0.25) is 0 Å². The first-order chi connectivity index (χ1) is 10.1. The first kappa shape index (κ1) is 13.3. The van der Waals surface area contributed by atoms with Crippen LogP contribution in [-0.2, 0) is 11.2 Å². The average molecular weight is 281 g/mol. The smallest absolute Gasteiger partial charge is 0.259 e. The van der Waals surface area contributed by atoms with Crippen LogP contribution in [0.15, 0.2) is 42.7 Å². The molecule has 2 heterocycles. The van der Waals surface area contributed by atoms with Crippen molar-refractivity contribution in [3.8, 4) is 0 Å². The van der Waals surface area contributed by atoms with Gasteiger partial charge in [0.05, 0.1) is 5.56 Å². The topological polar surface area (TPSA) is 62.3 Å². The van der Waals surface area contributed by atoms with Crippen LogP contribution in [-0.4, -0.2) is 23.3 Å². The van der Waals surface area contributed by atoms with E-state index in [1.54, 1.807) is 29.4 Å². The van der Waals surface area contributed by atoms with Gasteiger partial charge >= 0.3 is 0 Å². The quantitative estimate of drug-likeness (QED) is 0.918. The Labute approximate surface area is 122 Å². The van der Waals surface area contributed by atoms with Crippen molar-refractivity contribution in [2.24, 2.45) is 0 Å². The van der Waals surface area contributed by atoms with Crippen LogP contribution in [0.5, 0.6) is 0 Å². The summed E-state index contributed by atoms with van der Waals surface area (Å²) in [6.45, 7) is 2.12. The molecule has 1 N–H and O–H groups in total. The summed E-state index contributed by atoms with van der Waals surface area (Å²) >= 11 is 0. The number of rotatable bonds is 2. The molecule has 2 aromatic rings. The van der Waals surface area contributed by atoms with E-state index in [9.17, 15) is 9.59 Å². The molecule has 5 heteroatoms. The van der Waals surface area contributed by atoms with Crippen molar-refractivity contribution in [1.29, 1.82) is 0 Å². The van der Waals surface area contributed by atoms with Crippen molar-refractivity contribution in [1.82, 2.24) is 4.98 Å². The zero-order chi connectivity index (χ0) is 14.8. The Hall–Kier alpha value is -2.69. The van der Waals surface area contributed by atoms with Crippen molar-refractivity contribution >= 4 is 23.2 Å². The third-order valence-electron chi connectivity index (χ3n) is 3.45. The molecule has 0 fully saturated rings. The largest absolute Gasteiger partial charge is 0.326 e. The van der Waals surface area contributed by atoms with Gasteiger partial charge in [-0.2, -0.15) is 0 Å². The monoisotopic (exact) mass is 281 g/mol. The van der Waals surface area contributed by atoms with Gasteiger partial charge in [0.25, 0.3) is 5.91 Å². The predicted octanol–water partition coefficient (Wildman–Crippen LogP) is 2.24. The van der Waals surface area contributed by atoms with E-state index in [2.05, 4.69) is 10.3 Å². The molecule has 0 radical (unpaired) electrons. The maximum Gasteiger partial charge on any atom is 0.259 e. The van der Waals surface area contributed by atoms with Gasteiger partial charge in [0.2, 0.25) is 5.91 Å². The highest BCUT2D eigenvalue weighted by molar-refractivity contribution is 6.07. The molecule has 106 valence electrons. The van der Waals surface area contributed by atoms with E-state index in [-0.39, 0.29) is 11.8 Å². The molecule has 1 aliphatic heterocycles. The molecular weight excluding hydrogens is 266 g/mol. The zero-order valence-electron chi connectivity index (χ0n) is 11.7. The number of aromatic nitrogens is 1. The molecule has 0 saturated carbocycles. The normalized spacial score (nSPS) is 12.9. The minimum atomic E-state index is -0.101. The van der Waals surface area contributed by atoms with Gasteiger partial charge in [0, 0.05) is 37.2 Å². The van der Waals surface area contributed by atoms with Crippen LogP contribution >= 0.6 is 0 Å². The molecule has 5 nitrogen and oxygen atoms in total. The number of benzene rings is 1. The SMILES string of the molecule is CC(=O)Nc1ccc2c(c1)CCN2C(=O)c1cccnc1. The Morgan fingerprint density at radius 2 is 2.14 bits per heavy atom. The second kappa shape index (κ2) is 5.36. The van der Waals surface area contributed by atoms with E-state index in [0.29, 0.717) is 12.1 Å². The Morgan fingerprint density at radius 1 is 1.29 bits per heavy atom. The first-order valence-electron chi connectivity index (χ1n) is 6.77. The fourth-order valence-corrected chi connectivity index (χ4v) is 2.54. The molecule has 1 aromatic carbocycles. The van der Waals surface area contributed by atoms with Crippen LogP contribution in [0.3, 0.4) is 0 Å². The van der Waals surface area contributed by atoms with Crippen LogP contribution in [0, 0.1) is 0 Å². The van der Waals surface area contributed by atoms with Crippen molar-refractivity contribution in [2.45, 2.75) is 13.3 Å². The standard InChI is InChI=1S/C16H15N3O2/c1-11(20)18-14-4-5-15-12(9-14)6-8-19(15)16(21)13-3-2-7-17-10-13/h2-5,7,9-10H,6,8H2,1H3,(H,18,20). The highest BCUT2D eigenvalue weighted by atomic mass is 16.2. The van der Waals surface area contributed by atoms with E-state index in [1.807, 2.05) is 18.2 Å². The summed E-state index contributed by atoms with van der Waals surface area (Å²) in [5.41, 5.74) is 3.31. The van der Waals surface area contributed by atoms with Crippen molar-refractivity contribution in [2.75, 3.05) is 16.8 Å². The van der Waals surface area contributed by atoms with Gasteiger partial charge in [0.15, 0.2) is 0 Å². The highest BCUT2D eigenvalue weighted by Crippen LogP contribution is 2.31. The van der Waals surface area contributed by atoms with Gasteiger partial charge in [-0.15, -0.1) is 0 Å². The lowest BCUT2D eigenvalue weighted by atomic mass is 10.1. The molecule has 21 heavy (non-hydrogen) atoms. The summed E-state index contributed by atoms with van der Waals surface area (Å²) < 4.78 is 0. The minimum Gasteiger partial charge on any atom is -0.326 e. The molecule has 1 aliphatic rings. The molecule has 2 amide bonds. The number of nitrogens with zero attached hydrogens (tertiary/aromatic N) is 2. The van der Waals surface area contributed by atoms with Gasteiger partial charge in [-0.25, -0.2) is 0 Å². The van der Waals surface area contributed by atoms with Gasteiger partial charge in [-0.1, -0.05) is 0 Å². The van der Waals surface area contributed by atoms with Crippen molar-refractivity contribution < 1.29 is 9.59 Å². The van der Waals surface area contributed by atoms with Gasteiger partial charge in [0.1, 0.15) is 0 Å². The molecule has 0 aliphatic carbocycles. The highest BCUT2D eigenvalue weighted by Gasteiger charge is 2.25. The van der Waals surface area contributed by atoms with E-state index >= 15 is 0 Å². The maximum absolute atomic E-state index is 12.5. The molecule has 0 saturated heterocycles. The third-order valence-corrected chi connectivity index (χ3v) is 3.45. The molecule has 1 aromatic heterocycles. The second-order valence-corrected chi connectivity index (χ2v) is 4.97. The Morgan fingerprint density at radius 3 is 2.86 bits per heavy atom. The predicted molar refractivity (Wildman–Crippen MR) is 80.4 cm³/mol. The van der Waals surface area contributed by atoms with Crippen LogP contribution in [0.25, 0.3) is 0 Å². The van der Waals surface area contributed by atoms with E-state index in [4.69, 9.17) is 0 Å². The molecule has 0 unspecified atom stereocenters. The van der Waals surface area contributed by atoms with Gasteiger partial charge < -0.3 is 10.2 Å². The van der Waals surface area contributed by atoms with Crippen LogP contribution in [0.4, 0.5) is 11.4 Å². The van der Waals surface area contributed by atoms with Crippen molar-refractivity contribution in [3.05, 3.63) is 53.9 Å². The number of pyridine rings is 1. The molecule has 0 atom stereocenters. The maximum atomic E-state index is 12.5. The number of hydrogen-bond acceptors (Lipinski definition) is 3. The van der Waals surface area contributed by atoms with E-state index in [1.165, 1.54) is 6.92 Å². The van der Waals surface area contributed by atoms with Gasteiger partial charge in [-0.05, 0) is 42.3 Å². The van der Waals surface area contributed by atoms with Crippen LogP contribution in [0.1, 0.15) is 22.8 Å². The lowest BCUT2D eigenvalue weighted by Gasteiger charge is -2.17. The molecule has 0 bridgehead atoms. The summed E-state index contributed by atoms with van der Waals surface area (Å²) in [6.07, 6.45) is 4.01. The Balaban J connectivity index is 1.87. The van der Waals surface area contributed by atoms with Crippen molar-refractivity contribution in [3.63, 3.8) is 0 Å². The molecule has 0 spiro atoms. The lowest BCUT2D eigenvalue weighted by molar-refractivity contribution is -0.114. The second-order valence-electron chi connectivity index (χ2n) is 4.97. The van der Waals surface area contributed by atoms with E-state index in [0.717, 1.165) is 23.4 Å². The summed E-state index contributed by atoms with van der Waals surface area (Å²) in [5, 5.41) is 2.76. The Bertz CT molecular complexity index is 698. The zero-order valence-corrected chi connectivity index (χ0v) is 11.7. The minimum absolute atomic E-state index is 0.0471. The fourth-order valence-electron chi connectivity index (χ4n) is 2.54. The lowest BCUT2D eigenvalue weighted by Crippen LogP contribution is -2.28. The molecular formula is C16H15N3O2. The molecule has 3 rings (SSSR count). The summed E-state index contributed by atoms with van der Waals surface area (Å²) in [6, 6.07) is 9.13. The number of anilines is 2. The number of amides is 2. The summed E-state index contributed by atoms with van der Waals surface area (Å²) in [5.74, 6) is -0.148. The number of carbonyl (C=O) groups excluding carboxylic acids is 2. The number of hydrogen-bond donors (Lipinski definition) is 1. The first-order valence-corrected chi connectivity index (χ1v) is 6.77. The van der Waals surface area contributed by atoms with E-state index < -0.39 is 0 Å². The number of carbonyl (C=O) groups is 2. The number of fused-ring (bicyclic) bond motifs is 1. The fraction of sp³-hybridized carbons (Fsp3) is 0.188. The average Bonchev–Trinajstić information content (AvgIpc) is 2.90. The number of nitrogens with one attached hydrogen (secondary N) is 1. The Kier molecular flexibility index (Phi) is 3.39. The van der Waals surface area contributed by atoms with Crippen LogP contribution < -0.4 is 10.2 Å². The summed E-state index contributed by atoms with van der Waals surface area (Å²) in [7, 11) is 0. The van der Waals surface area contributed by atoms with Gasteiger partial charge in [-0.3, -0.25) is 14.6 Å². The third kappa shape index (κ3) is 2.63. The summed E-state index contributed by atoms with van der Waals surface area (Å²) in [4.78, 5) is 29.3.